The first kappa shape index (κ1) is 9.47. The number of carbonyl (C=O) groups is 1. The molecule has 5 heteroatoms. The van der Waals surface area contributed by atoms with E-state index in [9.17, 15) is 4.79 Å². The third kappa shape index (κ3) is 1.49. The third-order valence-corrected chi connectivity index (χ3v) is 2.76. The molecule has 5 nitrogen and oxygen atoms in total. The van der Waals surface area contributed by atoms with Crippen molar-refractivity contribution < 1.29 is 14.3 Å². The van der Waals surface area contributed by atoms with Crippen LogP contribution in [0, 0.1) is 0 Å². The number of nitrogens with one attached hydrogen (secondary N) is 1. The number of fused-ring (bicyclic) bond motifs is 1. The number of hydrogen-bond acceptors (Lipinski definition) is 4. The Bertz CT molecular complexity index is 433. The van der Waals surface area contributed by atoms with E-state index in [1.165, 1.54) is 0 Å². The molecular formula is C11H12N2O3. The van der Waals surface area contributed by atoms with Crippen molar-refractivity contribution in [2.45, 2.75) is 0 Å². The Balaban J connectivity index is 1.91. The van der Waals surface area contributed by atoms with Crippen LogP contribution in [0.4, 0.5) is 5.69 Å². The van der Waals surface area contributed by atoms with Gasteiger partial charge in [-0.05, 0) is 12.1 Å². The summed E-state index contributed by atoms with van der Waals surface area (Å²) in [7, 11) is 0. The van der Waals surface area contributed by atoms with Crippen LogP contribution in [0.2, 0.25) is 0 Å². The van der Waals surface area contributed by atoms with Crippen LogP contribution in [-0.4, -0.2) is 32.3 Å². The van der Waals surface area contributed by atoms with Crippen molar-refractivity contribution in [3.05, 3.63) is 18.2 Å². The predicted molar refractivity (Wildman–Crippen MR) is 57.8 cm³/mol. The molecule has 3 rings (SSSR count). The number of nitrogens with zero attached hydrogens (tertiary/aromatic N) is 1. The van der Waals surface area contributed by atoms with Crippen LogP contribution >= 0.6 is 0 Å². The van der Waals surface area contributed by atoms with E-state index in [2.05, 4.69) is 5.32 Å². The minimum absolute atomic E-state index is 0.0881. The zero-order valence-electron chi connectivity index (χ0n) is 8.73. The van der Waals surface area contributed by atoms with E-state index in [0.29, 0.717) is 18.8 Å². The molecule has 1 amide bonds. The van der Waals surface area contributed by atoms with Crippen LogP contribution in [0.25, 0.3) is 0 Å². The largest absolute Gasteiger partial charge is 0.454 e. The van der Waals surface area contributed by atoms with E-state index in [1.54, 1.807) is 4.90 Å². The van der Waals surface area contributed by atoms with Crippen molar-refractivity contribution in [3.8, 4) is 11.5 Å². The van der Waals surface area contributed by atoms with Crippen molar-refractivity contribution >= 4 is 11.6 Å². The van der Waals surface area contributed by atoms with Crippen molar-refractivity contribution in [1.29, 1.82) is 0 Å². The van der Waals surface area contributed by atoms with E-state index in [-0.39, 0.29) is 12.7 Å². The molecule has 2 heterocycles. The van der Waals surface area contributed by atoms with Crippen LogP contribution < -0.4 is 19.7 Å². The van der Waals surface area contributed by atoms with Gasteiger partial charge < -0.3 is 19.7 Å². The molecular weight excluding hydrogens is 208 g/mol. The molecule has 0 aliphatic carbocycles. The molecule has 0 spiro atoms. The van der Waals surface area contributed by atoms with Gasteiger partial charge in [-0.25, -0.2) is 0 Å². The highest BCUT2D eigenvalue weighted by molar-refractivity contribution is 5.95. The SMILES string of the molecule is O=C1CNCCN1c1ccc2c(c1)OCO2. The Morgan fingerprint density at radius 1 is 1.25 bits per heavy atom. The van der Waals surface area contributed by atoms with Crippen molar-refractivity contribution in [2.75, 3.05) is 31.3 Å². The second-order valence-electron chi connectivity index (χ2n) is 3.76. The number of piperazine rings is 1. The van der Waals surface area contributed by atoms with Gasteiger partial charge in [-0.2, -0.15) is 0 Å². The average Bonchev–Trinajstić information content (AvgIpc) is 2.76. The molecule has 1 saturated heterocycles. The number of hydrogen-bond donors (Lipinski definition) is 1. The van der Waals surface area contributed by atoms with E-state index >= 15 is 0 Å². The zero-order chi connectivity index (χ0) is 11.0. The lowest BCUT2D eigenvalue weighted by molar-refractivity contribution is -0.118. The summed E-state index contributed by atoms with van der Waals surface area (Å²) in [6.45, 7) is 2.17. The summed E-state index contributed by atoms with van der Waals surface area (Å²) in [4.78, 5) is 13.4. The maximum atomic E-state index is 11.7. The van der Waals surface area contributed by atoms with Crippen molar-refractivity contribution in [2.24, 2.45) is 0 Å². The van der Waals surface area contributed by atoms with Gasteiger partial charge in [0.2, 0.25) is 12.7 Å². The number of benzene rings is 1. The Morgan fingerprint density at radius 3 is 3.00 bits per heavy atom. The summed E-state index contributed by atoms with van der Waals surface area (Å²) >= 11 is 0. The molecule has 1 N–H and O–H groups in total. The maximum absolute atomic E-state index is 11.7. The van der Waals surface area contributed by atoms with E-state index in [4.69, 9.17) is 9.47 Å². The van der Waals surface area contributed by atoms with Gasteiger partial charge in [-0.1, -0.05) is 0 Å². The highest BCUT2D eigenvalue weighted by Crippen LogP contribution is 2.35. The van der Waals surface area contributed by atoms with Gasteiger partial charge in [0.05, 0.1) is 6.54 Å². The lowest BCUT2D eigenvalue weighted by Crippen LogP contribution is -2.48. The van der Waals surface area contributed by atoms with Gasteiger partial charge in [0.1, 0.15) is 0 Å². The fraction of sp³-hybridized carbons (Fsp3) is 0.364. The molecule has 2 aliphatic heterocycles. The zero-order valence-corrected chi connectivity index (χ0v) is 8.73. The summed E-state index contributed by atoms with van der Waals surface area (Å²) in [5.74, 6) is 1.54. The molecule has 0 bridgehead atoms. The summed E-state index contributed by atoms with van der Waals surface area (Å²) in [5.41, 5.74) is 0.871. The summed E-state index contributed by atoms with van der Waals surface area (Å²) in [6.07, 6.45) is 0. The first-order chi connectivity index (χ1) is 7.84. The monoisotopic (exact) mass is 220 g/mol. The van der Waals surface area contributed by atoms with E-state index < -0.39 is 0 Å². The quantitative estimate of drug-likeness (QED) is 0.742. The molecule has 2 aliphatic rings. The molecule has 16 heavy (non-hydrogen) atoms. The molecule has 1 aromatic carbocycles. The number of rotatable bonds is 1. The van der Waals surface area contributed by atoms with Crippen molar-refractivity contribution in [3.63, 3.8) is 0 Å². The maximum Gasteiger partial charge on any atom is 0.240 e. The van der Waals surface area contributed by atoms with Crippen LogP contribution in [0.3, 0.4) is 0 Å². The third-order valence-electron chi connectivity index (χ3n) is 2.76. The van der Waals surface area contributed by atoms with Gasteiger partial charge in [-0.15, -0.1) is 0 Å². The first-order valence-electron chi connectivity index (χ1n) is 5.25. The lowest BCUT2D eigenvalue weighted by Gasteiger charge is -2.27. The number of anilines is 1. The molecule has 0 atom stereocenters. The number of carbonyl (C=O) groups excluding carboxylic acids is 1. The minimum atomic E-state index is 0.0881. The van der Waals surface area contributed by atoms with Crippen LogP contribution in [0.15, 0.2) is 18.2 Å². The van der Waals surface area contributed by atoms with E-state index in [1.807, 2.05) is 18.2 Å². The normalized spacial score (nSPS) is 19.0. The van der Waals surface area contributed by atoms with Gasteiger partial charge >= 0.3 is 0 Å². The topological polar surface area (TPSA) is 50.8 Å². The lowest BCUT2D eigenvalue weighted by atomic mass is 10.2. The highest BCUT2D eigenvalue weighted by atomic mass is 16.7. The number of ether oxygens (including phenoxy) is 2. The minimum Gasteiger partial charge on any atom is -0.454 e. The van der Waals surface area contributed by atoms with E-state index in [0.717, 1.165) is 18.0 Å². The Hall–Kier alpha value is -1.75. The molecule has 0 saturated carbocycles. The van der Waals surface area contributed by atoms with Crippen LogP contribution in [0.5, 0.6) is 11.5 Å². The fourth-order valence-corrected chi connectivity index (χ4v) is 1.93. The van der Waals surface area contributed by atoms with Gasteiger partial charge in [-0.3, -0.25) is 4.79 Å². The van der Waals surface area contributed by atoms with Crippen molar-refractivity contribution in [1.82, 2.24) is 5.32 Å². The molecule has 1 fully saturated rings. The first-order valence-corrected chi connectivity index (χ1v) is 5.25. The Morgan fingerprint density at radius 2 is 2.12 bits per heavy atom. The smallest absolute Gasteiger partial charge is 0.240 e. The van der Waals surface area contributed by atoms with Crippen LogP contribution in [0.1, 0.15) is 0 Å². The highest BCUT2D eigenvalue weighted by Gasteiger charge is 2.21. The molecule has 0 radical (unpaired) electrons. The Labute approximate surface area is 92.9 Å². The summed E-state index contributed by atoms with van der Waals surface area (Å²) < 4.78 is 10.5. The fourth-order valence-electron chi connectivity index (χ4n) is 1.93. The van der Waals surface area contributed by atoms with Gasteiger partial charge in [0.15, 0.2) is 11.5 Å². The molecule has 0 aromatic heterocycles. The van der Waals surface area contributed by atoms with Gasteiger partial charge in [0.25, 0.3) is 0 Å². The summed E-state index contributed by atoms with van der Waals surface area (Å²) in [6, 6.07) is 5.58. The number of amides is 1. The van der Waals surface area contributed by atoms with Gasteiger partial charge in [0, 0.05) is 24.8 Å². The standard InChI is InChI=1S/C11H12N2O3/c14-11-6-12-3-4-13(11)8-1-2-9-10(5-8)16-7-15-9/h1-2,5,12H,3-4,6-7H2. The molecule has 0 unspecified atom stereocenters. The average molecular weight is 220 g/mol. The summed E-state index contributed by atoms with van der Waals surface area (Å²) in [5, 5.41) is 3.04. The Kier molecular flexibility index (Phi) is 2.18. The second-order valence-corrected chi connectivity index (χ2v) is 3.76. The predicted octanol–water partition coefficient (Wildman–Crippen LogP) is 0.351. The molecule has 1 aromatic rings. The molecule has 84 valence electrons. The van der Waals surface area contributed by atoms with Crippen LogP contribution in [-0.2, 0) is 4.79 Å². The second kappa shape index (κ2) is 3.68.